The van der Waals surface area contributed by atoms with Crippen LogP contribution >= 0.6 is 0 Å². The topological polar surface area (TPSA) is 29.3 Å². The molecular weight excluding hydrogens is 263 g/mol. The Bertz CT molecular complexity index is 542. The Kier molecular flexibility index (Phi) is 5.90. The molecule has 0 amide bonds. The van der Waals surface area contributed by atoms with Crippen LogP contribution in [0.4, 0.5) is 4.39 Å². The molecule has 21 heavy (non-hydrogen) atoms. The zero-order chi connectivity index (χ0) is 15.1. The summed E-state index contributed by atoms with van der Waals surface area (Å²) in [6.07, 6.45) is 0.927. The summed E-state index contributed by atoms with van der Waals surface area (Å²) in [7, 11) is 0. The number of nitrogens with two attached hydrogens (primary N) is 1. The van der Waals surface area contributed by atoms with Gasteiger partial charge in [-0.15, -0.1) is 0 Å². The van der Waals surface area contributed by atoms with Gasteiger partial charge in [0.25, 0.3) is 0 Å². The molecule has 1 atom stereocenters. The first-order valence-corrected chi connectivity index (χ1v) is 7.48. The Labute approximate surface area is 126 Å². The molecule has 0 saturated carbocycles. The summed E-state index contributed by atoms with van der Waals surface area (Å²) in [4.78, 5) is 2.32. The number of hydrogen-bond acceptors (Lipinski definition) is 2. The van der Waals surface area contributed by atoms with E-state index in [1.54, 1.807) is 12.1 Å². The van der Waals surface area contributed by atoms with Crippen molar-refractivity contribution in [2.75, 3.05) is 13.1 Å². The average molecular weight is 286 g/mol. The van der Waals surface area contributed by atoms with Crippen molar-refractivity contribution < 1.29 is 4.39 Å². The first-order valence-electron chi connectivity index (χ1n) is 7.48. The molecule has 2 aromatic carbocycles. The van der Waals surface area contributed by atoms with E-state index in [1.807, 2.05) is 24.3 Å². The maximum absolute atomic E-state index is 13.5. The van der Waals surface area contributed by atoms with Gasteiger partial charge in [-0.1, -0.05) is 49.4 Å². The fourth-order valence-electron chi connectivity index (χ4n) is 2.75. The van der Waals surface area contributed by atoms with Crippen molar-refractivity contribution in [2.45, 2.75) is 25.9 Å². The number of rotatable bonds is 7. The summed E-state index contributed by atoms with van der Waals surface area (Å²) in [6, 6.07) is 17.4. The van der Waals surface area contributed by atoms with Gasteiger partial charge in [-0.3, -0.25) is 4.90 Å². The lowest BCUT2D eigenvalue weighted by molar-refractivity contribution is 0.188. The highest BCUT2D eigenvalue weighted by molar-refractivity contribution is 5.21. The van der Waals surface area contributed by atoms with Crippen LogP contribution in [0, 0.1) is 5.82 Å². The number of hydrogen-bond donors (Lipinski definition) is 1. The van der Waals surface area contributed by atoms with Crippen LogP contribution < -0.4 is 5.73 Å². The fourth-order valence-corrected chi connectivity index (χ4v) is 2.75. The van der Waals surface area contributed by atoms with E-state index in [-0.39, 0.29) is 11.9 Å². The molecule has 0 aromatic heterocycles. The van der Waals surface area contributed by atoms with Gasteiger partial charge in [0.2, 0.25) is 0 Å². The standard InChI is InChI=1S/C18H23FN2/c1-2-18(16-9-6-10-17(19)13-16)21(12-11-20)14-15-7-4-3-5-8-15/h3-10,13,18H,2,11-12,14,20H2,1H3. The van der Waals surface area contributed by atoms with Crippen LogP contribution in [0.3, 0.4) is 0 Å². The molecule has 112 valence electrons. The van der Waals surface area contributed by atoms with Crippen molar-refractivity contribution in [3.05, 3.63) is 71.5 Å². The van der Waals surface area contributed by atoms with Crippen molar-refractivity contribution >= 4 is 0 Å². The Balaban J connectivity index is 2.22. The van der Waals surface area contributed by atoms with E-state index in [1.165, 1.54) is 11.6 Å². The maximum Gasteiger partial charge on any atom is 0.123 e. The summed E-state index contributed by atoms with van der Waals surface area (Å²) < 4.78 is 13.5. The molecule has 0 aliphatic rings. The van der Waals surface area contributed by atoms with Crippen LogP contribution in [0.5, 0.6) is 0 Å². The number of nitrogens with zero attached hydrogens (tertiary/aromatic N) is 1. The molecular formula is C18H23FN2. The molecule has 0 radical (unpaired) electrons. The first kappa shape index (κ1) is 15.7. The normalized spacial score (nSPS) is 12.6. The van der Waals surface area contributed by atoms with Crippen molar-refractivity contribution in [1.82, 2.24) is 4.90 Å². The molecule has 2 aromatic rings. The largest absolute Gasteiger partial charge is 0.329 e. The molecule has 2 N–H and O–H groups in total. The highest BCUT2D eigenvalue weighted by atomic mass is 19.1. The van der Waals surface area contributed by atoms with E-state index >= 15 is 0 Å². The molecule has 0 saturated heterocycles. The maximum atomic E-state index is 13.5. The summed E-state index contributed by atoms with van der Waals surface area (Å²) in [5.41, 5.74) is 8.03. The first-order chi connectivity index (χ1) is 10.2. The highest BCUT2D eigenvalue weighted by Crippen LogP contribution is 2.26. The lowest BCUT2D eigenvalue weighted by Gasteiger charge is -2.31. The van der Waals surface area contributed by atoms with Gasteiger partial charge in [0, 0.05) is 25.7 Å². The Hall–Kier alpha value is -1.71. The molecule has 2 rings (SSSR count). The fraction of sp³-hybridized carbons (Fsp3) is 0.333. The second-order valence-corrected chi connectivity index (χ2v) is 5.22. The van der Waals surface area contributed by atoms with E-state index in [4.69, 9.17) is 5.73 Å². The molecule has 0 heterocycles. The number of benzene rings is 2. The molecule has 0 fully saturated rings. The molecule has 1 unspecified atom stereocenters. The third-order valence-corrected chi connectivity index (χ3v) is 3.71. The zero-order valence-electron chi connectivity index (χ0n) is 12.5. The lowest BCUT2D eigenvalue weighted by atomic mass is 10.0. The van der Waals surface area contributed by atoms with E-state index in [9.17, 15) is 4.39 Å². The van der Waals surface area contributed by atoms with Crippen LogP contribution in [0.2, 0.25) is 0 Å². The molecule has 2 nitrogen and oxygen atoms in total. The molecule has 0 bridgehead atoms. The van der Waals surface area contributed by atoms with Crippen molar-refractivity contribution in [1.29, 1.82) is 0 Å². The zero-order valence-corrected chi connectivity index (χ0v) is 12.5. The van der Waals surface area contributed by atoms with Crippen molar-refractivity contribution in [2.24, 2.45) is 5.73 Å². The third kappa shape index (κ3) is 4.38. The second kappa shape index (κ2) is 7.91. The molecule has 0 aliphatic heterocycles. The monoisotopic (exact) mass is 286 g/mol. The van der Waals surface area contributed by atoms with Crippen LogP contribution in [0.15, 0.2) is 54.6 Å². The van der Waals surface area contributed by atoms with Crippen LogP contribution in [-0.2, 0) is 6.54 Å². The van der Waals surface area contributed by atoms with Crippen LogP contribution in [0.25, 0.3) is 0 Å². The minimum atomic E-state index is -0.182. The second-order valence-electron chi connectivity index (χ2n) is 5.22. The summed E-state index contributed by atoms with van der Waals surface area (Å²) >= 11 is 0. The van der Waals surface area contributed by atoms with E-state index in [0.29, 0.717) is 6.54 Å². The molecule has 0 spiro atoms. The predicted molar refractivity (Wildman–Crippen MR) is 85.3 cm³/mol. The predicted octanol–water partition coefficient (Wildman–Crippen LogP) is 3.74. The van der Waals surface area contributed by atoms with Gasteiger partial charge in [0.15, 0.2) is 0 Å². The molecule has 0 aliphatic carbocycles. The highest BCUT2D eigenvalue weighted by Gasteiger charge is 2.18. The van der Waals surface area contributed by atoms with Gasteiger partial charge >= 0.3 is 0 Å². The SMILES string of the molecule is CCC(c1cccc(F)c1)N(CCN)Cc1ccccc1. The van der Waals surface area contributed by atoms with E-state index in [0.717, 1.165) is 25.1 Å². The van der Waals surface area contributed by atoms with Gasteiger partial charge in [0.1, 0.15) is 5.82 Å². The average Bonchev–Trinajstić information content (AvgIpc) is 2.49. The Morgan fingerprint density at radius 3 is 2.48 bits per heavy atom. The quantitative estimate of drug-likeness (QED) is 0.840. The van der Waals surface area contributed by atoms with Crippen LogP contribution in [0.1, 0.15) is 30.5 Å². The number of halogens is 1. The van der Waals surface area contributed by atoms with Gasteiger partial charge in [0.05, 0.1) is 0 Å². The van der Waals surface area contributed by atoms with E-state index in [2.05, 4.69) is 24.0 Å². The van der Waals surface area contributed by atoms with Gasteiger partial charge < -0.3 is 5.73 Å². The van der Waals surface area contributed by atoms with E-state index < -0.39 is 0 Å². The Morgan fingerprint density at radius 1 is 1.10 bits per heavy atom. The van der Waals surface area contributed by atoms with Crippen LogP contribution in [-0.4, -0.2) is 18.0 Å². The minimum Gasteiger partial charge on any atom is -0.329 e. The summed E-state index contributed by atoms with van der Waals surface area (Å²) in [5, 5.41) is 0. The summed E-state index contributed by atoms with van der Waals surface area (Å²) in [6.45, 7) is 4.35. The van der Waals surface area contributed by atoms with Crippen molar-refractivity contribution in [3.63, 3.8) is 0 Å². The van der Waals surface area contributed by atoms with Crippen molar-refractivity contribution in [3.8, 4) is 0 Å². The summed E-state index contributed by atoms with van der Waals surface area (Å²) in [5.74, 6) is -0.182. The third-order valence-electron chi connectivity index (χ3n) is 3.71. The molecule has 3 heteroatoms. The minimum absolute atomic E-state index is 0.182. The van der Waals surface area contributed by atoms with Gasteiger partial charge in [-0.05, 0) is 29.7 Å². The van der Waals surface area contributed by atoms with Gasteiger partial charge in [-0.25, -0.2) is 4.39 Å². The van der Waals surface area contributed by atoms with Gasteiger partial charge in [-0.2, -0.15) is 0 Å². The Morgan fingerprint density at radius 2 is 1.86 bits per heavy atom. The lowest BCUT2D eigenvalue weighted by Crippen LogP contribution is -2.32. The smallest absolute Gasteiger partial charge is 0.123 e.